The summed E-state index contributed by atoms with van der Waals surface area (Å²) in [7, 11) is 0. The quantitative estimate of drug-likeness (QED) is 0.289. The van der Waals surface area contributed by atoms with Gasteiger partial charge in [0.25, 0.3) is 0 Å². The number of carbonyl (C=O) groups excluding carboxylic acids is 2. The summed E-state index contributed by atoms with van der Waals surface area (Å²) in [5.41, 5.74) is 6.70. The molecule has 2 aromatic heterocycles. The third kappa shape index (κ3) is 4.33. The third-order valence-corrected chi connectivity index (χ3v) is 6.06. The van der Waals surface area contributed by atoms with E-state index in [9.17, 15) is 9.59 Å². The standard InChI is InChI=1S/C29H23NO3/c1-18-3-5-20(14-27(31)24-8-7-21-11-12-33-29(21)17-24)13-25(18)16-28(32)23-9-10-26-22(15-23)6-4-19(2)30-26/h3-13,15,17H,14,16H2,1-2H3. The average Bonchev–Trinajstić information content (AvgIpc) is 3.28. The van der Waals surface area contributed by atoms with Crippen molar-refractivity contribution in [1.29, 1.82) is 0 Å². The van der Waals surface area contributed by atoms with E-state index in [2.05, 4.69) is 4.98 Å². The molecule has 0 amide bonds. The zero-order valence-electron chi connectivity index (χ0n) is 18.6. The van der Waals surface area contributed by atoms with Crippen molar-refractivity contribution >= 4 is 33.4 Å². The number of furan rings is 1. The molecule has 0 saturated heterocycles. The van der Waals surface area contributed by atoms with Gasteiger partial charge in [0.2, 0.25) is 0 Å². The van der Waals surface area contributed by atoms with Crippen LogP contribution in [0.15, 0.2) is 83.5 Å². The van der Waals surface area contributed by atoms with E-state index in [-0.39, 0.29) is 24.4 Å². The van der Waals surface area contributed by atoms with Gasteiger partial charge in [-0.15, -0.1) is 0 Å². The molecule has 5 rings (SSSR count). The highest BCUT2D eigenvalue weighted by Crippen LogP contribution is 2.21. The maximum atomic E-state index is 13.0. The summed E-state index contributed by atoms with van der Waals surface area (Å²) >= 11 is 0. The number of benzene rings is 3. The second kappa shape index (κ2) is 8.47. The van der Waals surface area contributed by atoms with E-state index >= 15 is 0 Å². The van der Waals surface area contributed by atoms with Crippen molar-refractivity contribution in [1.82, 2.24) is 4.98 Å². The largest absolute Gasteiger partial charge is 0.464 e. The topological polar surface area (TPSA) is 60.2 Å². The summed E-state index contributed by atoms with van der Waals surface area (Å²) in [4.78, 5) is 30.4. The maximum Gasteiger partial charge on any atom is 0.167 e. The van der Waals surface area contributed by atoms with E-state index in [1.807, 2.05) is 80.6 Å². The Kier molecular flexibility index (Phi) is 5.35. The lowest BCUT2D eigenvalue weighted by Crippen LogP contribution is -2.07. The van der Waals surface area contributed by atoms with Crippen LogP contribution in [0.5, 0.6) is 0 Å². The molecule has 0 N–H and O–H groups in total. The van der Waals surface area contributed by atoms with Gasteiger partial charge in [-0.25, -0.2) is 0 Å². The Morgan fingerprint density at radius 1 is 0.758 bits per heavy atom. The fraction of sp³-hybridized carbons (Fsp3) is 0.138. The fourth-order valence-corrected chi connectivity index (χ4v) is 4.12. The molecule has 0 aliphatic heterocycles. The van der Waals surface area contributed by atoms with Gasteiger partial charge in [-0.05, 0) is 66.9 Å². The highest BCUT2D eigenvalue weighted by Gasteiger charge is 2.13. The molecule has 162 valence electrons. The zero-order chi connectivity index (χ0) is 22.9. The van der Waals surface area contributed by atoms with Crippen LogP contribution >= 0.6 is 0 Å². The number of aryl methyl sites for hydroxylation is 2. The van der Waals surface area contributed by atoms with E-state index < -0.39 is 0 Å². The first kappa shape index (κ1) is 20.8. The molecule has 0 saturated carbocycles. The van der Waals surface area contributed by atoms with Crippen molar-refractivity contribution in [3.05, 3.63) is 113 Å². The Morgan fingerprint density at radius 3 is 2.39 bits per heavy atom. The van der Waals surface area contributed by atoms with Crippen LogP contribution < -0.4 is 0 Å². The number of carbonyl (C=O) groups is 2. The van der Waals surface area contributed by atoms with E-state index in [1.54, 1.807) is 12.3 Å². The van der Waals surface area contributed by atoms with Crippen molar-refractivity contribution < 1.29 is 14.0 Å². The molecule has 0 aliphatic rings. The first-order valence-electron chi connectivity index (χ1n) is 11.0. The molecule has 4 nitrogen and oxygen atoms in total. The molecule has 0 spiro atoms. The number of rotatable bonds is 6. The van der Waals surface area contributed by atoms with Crippen molar-refractivity contribution in [2.75, 3.05) is 0 Å². The Bertz CT molecular complexity index is 1530. The normalized spacial score (nSPS) is 11.2. The van der Waals surface area contributed by atoms with Crippen molar-refractivity contribution in [2.45, 2.75) is 26.7 Å². The van der Waals surface area contributed by atoms with Gasteiger partial charge in [0.15, 0.2) is 11.6 Å². The summed E-state index contributed by atoms with van der Waals surface area (Å²) in [6.45, 7) is 3.94. The minimum atomic E-state index is 0.0201. The number of aromatic nitrogens is 1. The molecular weight excluding hydrogens is 410 g/mol. The lowest BCUT2D eigenvalue weighted by Gasteiger charge is -2.09. The van der Waals surface area contributed by atoms with Crippen LogP contribution in [0, 0.1) is 13.8 Å². The molecule has 3 aromatic carbocycles. The van der Waals surface area contributed by atoms with Crippen LogP contribution in [-0.2, 0) is 12.8 Å². The lowest BCUT2D eigenvalue weighted by molar-refractivity contribution is 0.0986. The number of ketones is 2. The molecule has 0 aliphatic carbocycles. The number of nitrogens with zero attached hydrogens (tertiary/aromatic N) is 1. The number of pyridine rings is 1. The van der Waals surface area contributed by atoms with Gasteiger partial charge in [0, 0.05) is 40.4 Å². The summed E-state index contributed by atoms with van der Waals surface area (Å²) < 4.78 is 5.42. The van der Waals surface area contributed by atoms with E-state index in [4.69, 9.17) is 4.42 Å². The van der Waals surface area contributed by atoms with Crippen LogP contribution in [-0.4, -0.2) is 16.6 Å². The summed E-state index contributed by atoms with van der Waals surface area (Å²) in [5.74, 6) is 0.0686. The van der Waals surface area contributed by atoms with Gasteiger partial charge in [0.1, 0.15) is 5.58 Å². The van der Waals surface area contributed by atoms with Crippen LogP contribution in [0.1, 0.15) is 43.1 Å². The van der Waals surface area contributed by atoms with Gasteiger partial charge in [-0.2, -0.15) is 0 Å². The molecule has 33 heavy (non-hydrogen) atoms. The van der Waals surface area contributed by atoms with Crippen molar-refractivity contribution in [3.8, 4) is 0 Å². The van der Waals surface area contributed by atoms with Gasteiger partial charge in [-0.1, -0.05) is 36.4 Å². The smallest absolute Gasteiger partial charge is 0.167 e. The minimum Gasteiger partial charge on any atom is -0.464 e. The SMILES string of the molecule is Cc1ccc2cc(C(=O)Cc3cc(CC(=O)c4ccc5ccoc5c4)ccc3C)ccc2n1. The molecule has 0 atom stereocenters. The second-order valence-electron chi connectivity index (χ2n) is 8.49. The van der Waals surface area contributed by atoms with Crippen LogP contribution in [0.25, 0.3) is 21.9 Å². The Hall–Kier alpha value is -4.05. The molecule has 0 fully saturated rings. The first-order valence-corrected chi connectivity index (χ1v) is 11.0. The average molecular weight is 434 g/mol. The van der Waals surface area contributed by atoms with E-state index in [0.29, 0.717) is 16.7 Å². The predicted octanol–water partition coefficient (Wildman–Crippen LogP) is 6.45. The van der Waals surface area contributed by atoms with Crippen LogP contribution in [0.3, 0.4) is 0 Å². The third-order valence-electron chi connectivity index (χ3n) is 6.06. The predicted molar refractivity (Wildman–Crippen MR) is 130 cm³/mol. The van der Waals surface area contributed by atoms with Crippen LogP contribution in [0.2, 0.25) is 0 Å². The number of hydrogen-bond acceptors (Lipinski definition) is 4. The van der Waals surface area contributed by atoms with Gasteiger partial charge in [0.05, 0.1) is 11.8 Å². The molecule has 0 unspecified atom stereocenters. The molecule has 4 heteroatoms. The number of hydrogen-bond donors (Lipinski definition) is 0. The summed E-state index contributed by atoms with van der Waals surface area (Å²) in [6, 6.07) is 22.9. The minimum absolute atomic E-state index is 0.0201. The Labute approximate surface area is 191 Å². The second-order valence-corrected chi connectivity index (χ2v) is 8.49. The lowest BCUT2D eigenvalue weighted by atomic mass is 9.94. The Morgan fingerprint density at radius 2 is 1.52 bits per heavy atom. The monoisotopic (exact) mass is 433 g/mol. The Balaban J connectivity index is 1.35. The molecule has 5 aromatic rings. The fourth-order valence-electron chi connectivity index (χ4n) is 4.12. The first-order chi connectivity index (χ1) is 16.0. The van der Waals surface area contributed by atoms with Gasteiger partial charge < -0.3 is 4.42 Å². The van der Waals surface area contributed by atoms with Crippen molar-refractivity contribution in [3.63, 3.8) is 0 Å². The summed E-state index contributed by atoms with van der Waals surface area (Å²) in [6.07, 6.45) is 2.18. The molecule has 2 heterocycles. The number of Topliss-reactive ketones (excluding diaryl/α,β-unsaturated/α-hetero) is 2. The number of fused-ring (bicyclic) bond motifs is 2. The molecule has 0 bridgehead atoms. The van der Waals surface area contributed by atoms with Gasteiger partial charge >= 0.3 is 0 Å². The van der Waals surface area contributed by atoms with Crippen molar-refractivity contribution in [2.24, 2.45) is 0 Å². The van der Waals surface area contributed by atoms with E-state index in [0.717, 1.165) is 38.7 Å². The van der Waals surface area contributed by atoms with Crippen LogP contribution in [0.4, 0.5) is 0 Å². The van der Waals surface area contributed by atoms with Gasteiger partial charge in [-0.3, -0.25) is 14.6 Å². The maximum absolute atomic E-state index is 13.0. The highest BCUT2D eigenvalue weighted by molar-refractivity contribution is 6.01. The molecule has 0 radical (unpaired) electrons. The molecular formula is C29H23NO3. The van der Waals surface area contributed by atoms with E-state index in [1.165, 1.54) is 0 Å². The highest BCUT2D eigenvalue weighted by atomic mass is 16.3. The summed E-state index contributed by atoms with van der Waals surface area (Å²) in [5, 5.41) is 1.93. The zero-order valence-corrected chi connectivity index (χ0v) is 18.6.